The largest absolute Gasteiger partial charge is 0.357 e. The van der Waals surface area contributed by atoms with Crippen LogP contribution in [0.5, 0.6) is 0 Å². The zero-order valence-electron chi connectivity index (χ0n) is 18.3. The molecule has 3 rings (SSSR count). The molecule has 0 spiro atoms. The van der Waals surface area contributed by atoms with Crippen molar-refractivity contribution in [1.82, 2.24) is 25.7 Å². The number of guanidine groups is 1. The van der Waals surface area contributed by atoms with Gasteiger partial charge in [0, 0.05) is 25.5 Å². The molecule has 3 N–H and O–H groups in total. The van der Waals surface area contributed by atoms with Crippen LogP contribution < -0.4 is 16.0 Å². The van der Waals surface area contributed by atoms with Gasteiger partial charge in [-0.2, -0.15) is 5.10 Å². The van der Waals surface area contributed by atoms with Crippen molar-refractivity contribution in [1.29, 1.82) is 0 Å². The van der Waals surface area contributed by atoms with Crippen molar-refractivity contribution in [3.05, 3.63) is 89.7 Å². The minimum Gasteiger partial charge on any atom is -0.357 e. The second kappa shape index (κ2) is 14.2. The van der Waals surface area contributed by atoms with E-state index in [4.69, 9.17) is 0 Å². The van der Waals surface area contributed by atoms with Crippen molar-refractivity contribution in [3.63, 3.8) is 0 Å². The highest BCUT2D eigenvalue weighted by atomic mass is 127. The summed E-state index contributed by atoms with van der Waals surface area (Å²) >= 11 is 0. The first-order valence-corrected chi connectivity index (χ1v) is 10.6. The third kappa shape index (κ3) is 8.70. The topological polar surface area (TPSA) is 83.3 Å². The van der Waals surface area contributed by atoms with E-state index < -0.39 is 0 Å². The Balaban J connectivity index is 0.00000363. The molecule has 0 radical (unpaired) electrons. The molecule has 0 bridgehead atoms. The zero-order chi connectivity index (χ0) is 21.7. The number of hydrogen-bond donors (Lipinski definition) is 3. The summed E-state index contributed by atoms with van der Waals surface area (Å²) in [5, 5.41) is 13.5. The molecule has 0 fully saturated rings. The van der Waals surface area contributed by atoms with Gasteiger partial charge < -0.3 is 16.0 Å². The Hall–Kier alpha value is -2.88. The Labute approximate surface area is 206 Å². The lowest BCUT2D eigenvalue weighted by Crippen LogP contribution is -2.43. The van der Waals surface area contributed by atoms with E-state index in [1.165, 1.54) is 11.1 Å². The molecule has 3 aromatic rings. The van der Waals surface area contributed by atoms with Crippen LogP contribution in [0, 0.1) is 0 Å². The van der Waals surface area contributed by atoms with Gasteiger partial charge in [-0.15, -0.1) is 24.0 Å². The highest BCUT2D eigenvalue weighted by Gasteiger charge is 2.06. The number of aromatic nitrogens is 2. The number of nitrogens with one attached hydrogen (secondary N) is 3. The Morgan fingerprint density at radius 1 is 0.969 bits per heavy atom. The second-order valence-corrected chi connectivity index (χ2v) is 7.11. The van der Waals surface area contributed by atoms with Gasteiger partial charge in [-0.1, -0.05) is 54.6 Å². The molecule has 0 aliphatic heterocycles. The molecule has 1 amide bonds. The SMILES string of the molecule is CCNC(=NCc1ccccc1Cn1cccn1)NCC(=O)NCCc1ccccc1.I. The summed E-state index contributed by atoms with van der Waals surface area (Å²) in [6, 6.07) is 20.2. The standard InChI is InChI=1S/C24H30N6O.HI/c1-2-25-24(28-18-23(31)26-15-13-20-9-4-3-5-10-20)27-17-21-11-6-7-12-22(21)19-30-16-8-14-29-30;/h3-12,14,16H,2,13,15,17-19H2,1H3,(H,26,31)(H2,25,27,28);1H. The minimum atomic E-state index is -0.0550. The number of carbonyl (C=O) groups excluding carboxylic acids is 1. The minimum absolute atomic E-state index is 0. The molecule has 8 heteroatoms. The predicted molar refractivity (Wildman–Crippen MR) is 139 cm³/mol. The molecule has 0 unspecified atom stereocenters. The van der Waals surface area contributed by atoms with Gasteiger partial charge in [0.2, 0.25) is 5.91 Å². The van der Waals surface area contributed by atoms with Crippen molar-refractivity contribution in [2.75, 3.05) is 19.6 Å². The van der Waals surface area contributed by atoms with Gasteiger partial charge in [-0.25, -0.2) is 4.99 Å². The predicted octanol–water partition coefficient (Wildman–Crippen LogP) is 2.96. The Morgan fingerprint density at radius 2 is 1.72 bits per heavy atom. The van der Waals surface area contributed by atoms with Gasteiger partial charge in [0.1, 0.15) is 0 Å². The molecule has 7 nitrogen and oxygen atoms in total. The van der Waals surface area contributed by atoms with Crippen LogP contribution in [0.4, 0.5) is 0 Å². The van der Waals surface area contributed by atoms with Crippen LogP contribution in [-0.4, -0.2) is 41.3 Å². The van der Waals surface area contributed by atoms with Crippen LogP contribution in [0.2, 0.25) is 0 Å². The van der Waals surface area contributed by atoms with Crippen LogP contribution in [0.3, 0.4) is 0 Å². The van der Waals surface area contributed by atoms with Crippen molar-refractivity contribution in [3.8, 4) is 0 Å². The summed E-state index contributed by atoms with van der Waals surface area (Å²) in [5.41, 5.74) is 3.51. The van der Waals surface area contributed by atoms with E-state index >= 15 is 0 Å². The van der Waals surface area contributed by atoms with Gasteiger partial charge in [0.25, 0.3) is 0 Å². The maximum Gasteiger partial charge on any atom is 0.239 e. The van der Waals surface area contributed by atoms with E-state index in [1.807, 2.05) is 54.2 Å². The monoisotopic (exact) mass is 546 g/mol. The summed E-state index contributed by atoms with van der Waals surface area (Å²) in [7, 11) is 0. The third-order valence-corrected chi connectivity index (χ3v) is 4.76. The van der Waals surface area contributed by atoms with E-state index in [1.54, 1.807) is 6.20 Å². The van der Waals surface area contributed by atoms with Gasteiger partial charge in [-0.05, 0) is 36.1 Å². The average molecular weight is 546 g/mol. The first-order valence-electron chi connectivity index (χ1n) is 10.6. The molecular formula is C24H31IN6O. The summed E-state index contributed by atoms with van der Waals surface area (Å²) in [4.78, 5) is 16.8. The maximum atomic E-state index is 12.2. The van der Waals surface area contributed by atoms with Gasteiger partial charge in [0.05, 0.1) is 19.6 Å². The number of amides is 1. The number of aliphatic imine (C=N–C) groups is 1. The smallest absolute Gasteiger partial charge is 0.239 e. The van der Waals surface area contributed by atoms with E-state index in [-0.39, 0.29) is 36.4 Å². The van der Waals surface area contributed by atoms with E-state index in [2.05, 4.69) is 50.3 Å². The number of carbonyl (C=O) groups is 1. The fourth-order valence-electron chi connectivity index (χ4n) is 3.16. The Morgan fingerprint density at radius 3 is 2.44 bits per heavy atom. The summed E-state index contributed by atoms with van der Waals surface area (Å²) in [6.45, 7) is 4.72. The van der Waals surface area contributed by atoms with E-state index in [9.17, 15) is 4.79 Å². The highest BCUT2D eigenvalue weighted by molar-refractivity contribution is 14.0. The van der Waals surface area contributed by atoms with Gasteiger partial charge in [0.15, 0.2) is 5.96 Å². The van der Waals surface area contributed by atoms with Crippen LogP contribution in [0.1, 0.15) is 23.6 Å². The number of benzene rings is 2. The van der Waals surface area contributed by atoms with Crippen molar-refractivity contribution < 1.29 is 4.79 Å². The van der Waals surface area contributed by atoms with Crippen LogP contribution in [0.15, 0.2) is 78.0 Å². The third-order valence-electron chi connectivity index (χ3n) is 4.76. The van der Waals surface area contributed by atoms with Gasteiger partial charge >= 0.3 is 0 Å². The number of hydrogen-bond acceptors (Lipinski definition) is 3. The number of halogens is 1. The quantitative estimate of drug-likeness (QED) is 0.208. The molecule has 0 aliphatic rings. The number of nitrogens with zero attached hydrogens (tertiary/aromatic N) is 3. The van der Waals surface area contributed by atoms with Crippen LogP contribution in [0.25, 0.3) is 0 Å². The molecule has 32 heavy (non-hydrogen) atoms. The van der Waals surface area contributed by atoms with Gasteiger partial charge in [-0.3, -0.25) is 9.48 Å². The maximum absolute atomic E-state index is 12.2. The average Bonchev–Trinajstić information content (AvgIpc) is 3.30. The molecule has 0 saturated heterocycles. The first kappa shape index (κ1) is 25.4. The molecule has 0 saturated carbocycles. The van der Waals surface area contributed by atoms with Crippen molar-refractivity contribution in [2.24, 2.45) is 4.99 Å². The normalized spacial score (nSPS) is 10.8. The fourth-order valence-corrected chi connectivity index (χ4v) is 3.16. The number of rotatable bonds is 10. The van der Waals surface area contributed by atoms with Crippen LogP contribution in [-0.2, 0) is 24.3 Å². The zero-order valence-corrected chi connectivity index (χ0v) is 20.7. The molecular weight excluding hydrogens is 515 g/mol. The molecule has 0 aliphatic carbocycles. The lowest BCUT2D eigenvalue weighted by molar-refractivity contribution is -0.119. The van der Waals surface area contributed by atoms with Crippen molar-refractivity contribution >= 4 is 35.8 Å². The Bertz CT molecular complexity index is 960. The second-order valence-electron chi connectivity index (χ2n) is 7.11. The fraction of sp³-hybridized carbons (Fsp3) is 0.292. The Kier molecular flexibility index (Phi) is 11.3. The first-order chi connectivity index (χ1) is 15.2. The summed E-state index contributed by atoms with van der Waals surface area (Å²) in [6.07, 6.45) is 4.54. The van der Waals surface area contributed by atoms with Crippen LogP contribution >= 0.6 is 24.0 Å². The lowest BCUT2D eigenvalue weighted by atomic mass is 10.1. The molecule has 1 aromatic heterocycles. The van der Waals surface area contributed by atoms with Crippen molar-refractivity contribution in [2.45, 2.75) is 26.4 Å². The lowest BCUT2D eigenvalue weighted by Gasteiger charge is -2.13. The molecule has 170 valence electrons. The molecule has 2 aromatic carbocycles. The summed E-state index contributed by atoms with van der Waals surface area (Å²) < 4.78 is 1.89. The highest BCUT2D eigenvalue weighted by Crippen LogP contribution is 2.11. The molecule has 0 atom stereocenters. The summed E-state index contributed by atoms with van der Waals surface area (Å²) in [5.74, 6) is 0.565. The van der Waals surface area contributed by atoms with E-state index in [0.717, 1.165) is 18.5 Å². The molecule has 1 heterocycles. The van der Waals surface area contributed by atoms with E-state index in [0.29, 0.717) is 25.6 Å².